The highest BCUT2D eigenvalue weighted by atomic mass is 31.2. The summed E-state index contributed by atoms with van der Waals surface area (Å²) in [6.45, 7) is 3.75. The van der Waals surface area contributed by atoms with Gasteiger partial charge in [0.1, 0.15) is 11.8 Å². The molecule has 3 aromatic carbocycles. The van der Waals surface area contributed by atoms with Crippen LogP contribution >= 0.6 is 7.60 Å². The van der Waals surface area contributed by atoms with Crippen LogP contribution in [-0.4, -0.2) is 48.7 Å². The monoisotopic (exact) mass is 535 g/mol. The van der Waals surface area contributed by atoms with Crippen molar-refractivity contribution in [2.45, 2.75) is 38.3 Å². The average molecular weight is 536 g/mol. The molecular weight excluding hydrogens is 501 g/mol. The minimum Gasteiger partial charge on any atom is -0.359 e. The summed E-state index contributed by atoms with van der Waals surface area (Å²) >= 11 is 0. The first-order chi connectivity index (χ1) is 18.4. The van der Waals surface area contributed by atoms with Crippen LogP contribution in [0, 0.1) is 0 Å². The summed E-state index contributed by atoms with van der Waals surface area (Å²) in [7, 11) is -3.66. The van der Waals surface area contributed by atoms with E-state index in [1.165, 1.54) is 4.90 Å². The van der Waals surface area contributed by atoms with E-state index < -0.39 is 31.3 Å². The Labute approximate surface area is 224 Å². The summed E-state index contributed by atoms with van der Waals surface area (Å²) in [5.41, 5.74) is 1.81. The first-order valence-corrected chi connectivity index (χ1v) is 14.7. The van der Waals surface area contributed by atoms with Gasteiger partial charge in [0, 0.05) is 6.42 Å². The van der Waals surface area contributed by atoms with E-state index in [0.717, 1.165) is 16.7 Å². The fourth-order valence-corrected chi connectivity index (χ4v) is 6.53. The summed E-state index contributed by atoms with van der Waals surface area (Å²) in [5, 5.41) is 0. The van der Waals surface area contributed by atoms with Gasteiger partial charge in [0.05, 0.1) is 25.9 Å². The Morgan fingerprint density at radius 1 is 0.842 bits per heavy atom. The summed E-state index contributed by atoms with van der Waals surface area (Å²) < 4.78 is 30.5. The molecule has 1 aliphatic rings. The first kappa shape index (κ1) is 27.9. The lowest BCUT2D eigenvalue weighted by molar-refractivity contribution is -0.144. The van der Waals surface area contributed by atoms with Gasteiger partial charge in [-0.25, -0.2) is 0 Å². The fraction of sp³-hybridized carbons (Fsp3) is 0.333. The van der Waals surface area contributed by atoms with Gasteiger partial charge < -0.3 is 13.8 Å². The molecule has 0 saturated carbocycles. The maximum atomic E-state index is 13.3. The van der Waals surface area contributed by atoms with Crippen molar-refractivity contribution in [3.05, 3.63) is 108 Å². The lowest BCUT2D eigenvalue weighted by atomic mass is 9.80. The standard InChI is InChI=1S/C30H34NO6P/c1-3-36-38(34,37-4-2)23-29(33)31-27(20-21-28(31)32)22-35-30(24-14-8-5-9-15-24,25-16-10-6-11-17-25)26-18-12-7-13-19-26/h5-19,27H,3-4,20-23H2,1-2H3/t27-/m0/s1. The molecule has 8 heteroatoms. The van der Waals surface area contributed by atoms with E-state index in [0.29, 0.717) is 6.42 Å². The molecule has 0 unspecified atom stereocenters. The number of rotatable bonds is 12. The van der Waals surface area contributed by atoms with Crippen molar-refractivity contribution >= 4 is 19.4 Å². The number of ether oxygens (including phenoxy) is 1. The Bertz CT molecular complexity index is 1140. The van der Waals surface area contributed by atoms with E-state index in [1.807, 2.05) is 91.0 Å². The average Bonchev–Trinajstić information content (AvgIpc) is 3.31. The molecule has 1 atom stereocenters. The topological polar surface area (TPSA) is 82.1 Å². The number of imide groups is 1. The molecule has 7 nitrogen and oxygen atoms in total. The number of carbonyl (C=O) groups is 2. The molecule has 200 valence electrons. The fourth-order valence-electron chi connectivity index (χ4n) is 5.00. The zero-order valence-electron chi connectivity index (χ0n) is 21.8. The van der Waals surface area contributed by atoms with Crippen molar-refractivity contribution in [2.75, 3.05) is 26.0 Å². The predicted octanol–water partition coefficient (Wildman–Crippen LogP) is 5.78. The molecule has 4 rings (SSSR count). The van der Waals surface area contributed by atoms with Crippen LogP contribution in [-0.2, 0) is 33.5 Å². The normalized spacial score (nSPS) is 16.1. The summed E-state index contributed by atoms with van der Waals surface area (Å²) in [5.74, 6) is -0.885. The molecule has 38 heavy (non-hydrogen) atoms. The molecular formula is C30H34NO6P. The van der Waals surface area contributed by atoms with E-state index in [2.05, 4.69) is 0 Å². The molecule has 1 heterocycles. The molecule has 0 aliphatic carbocycles. The van der Waals surface area contributed by atoms with Gasteiger partial charge >= 0.3 is 7.60 Å². The Hall–Kier alpha value is -3.09. The second-order valence-electron chi connectivity index (χ2n) is 9.04. The Morgan fingerprint density at radius 2 is 1.29 bits per heavy atom. The molecule has 1 aliphatic heterocycles. The number of amides is 2. The molecule has 0 bridgehead atoms. The maximum absolute atomic E-state index is 13.3. The largest absolute Gasteiger partial charge is 0.359 e. The number of carbonyl (C=O) groups excluding carboxylic acids is 2. The van der Waals surface area contributed by atoms with Crippen LogP contribution in [0.25, 0.3) is 0 Å². The third-order valence-electron chi connectivity index (χ3n) is 6.61. The Morgan fingerprint density at radius 3 is 1.71 bits per heavy atom. The van der Waals surface area contributed by atoms with E-state index >= 15 is 0 Å². The SMILES string of the molecule is CCOP(=O)(CC(=O)N1C(=O)CC[C@H]1COC(c1ccccc1)(c1ccccc1)c1ccccc1)OCC. The van der Waals surface area contributed by atoms with Crippen molar-refractivity contribution in [2.24, 2.45) is 0 Å². The molecule has 1 saturated heterocycles. The van der Waals surface area contributed by atoms with Crippen LogP contribution < -0.4 is 0 Å². The number of hydrogen-bond acceptors (Lipinski definition) is 6. The molecule has 0 aromatic heterocycles. The molecule has 3 aromatic rings. The van der Waals surface area contributed by atoms with Gasteiger partial charge in [0.25, 0.3) is 0 Å². The summed E-state index contributed by atoms with van der Waals surface area (Å²) in [4.78, 5) is 27.3. The first-order valence-electron chi connectivity index (χ1n) is 13.0. The molecule has 1 fully saturated rings. The highest BCUT2D eigenvalue weighted by molar-refractivity contribution is 7.54. The zero-order chi connectivity index (χ0) is 27.0. The van der Waals surface area contributed by atoms with E-state index in [4.69, 9.17) is 13.8 Å². The van der Waals surface area contributed by atoms with Gasteiger partial charge in [-0.2, -0.15) is 0 Å². The van der Waals surface area contributed by atoms with Crippen molar-refractivity contribution < 1.29 is 27.9 Å². The summed E-state index contributed by atoms with van der Waals surface area (Å²) in [6, 6.07) is 29.2. The number of likely N-dealkylation sites (tertiary alicyclic amines) is 1. The van der Waals surface area contributed by atoms with Gasteiger partial charge in [0.2, 0.25) is 11.8 Å². The van der Waals surface area contributed by atoms with Gasteiger partial charge in [0.15, 0.2) is 0 Å². The molecule has 0 spiro atoms. The van der Waals surface area contributed by atoms with Crippen LogP contribution in [0.4, 0.5) is 0 Å². The molecule has 2 amide bonds. The Balaban J connectivity index is 1.68. The lowest BCUT2D eigenvalue weighted by Crippen LogP contribution is -2.45. The quantitative estimate of drug-likeness (QED) is 0.216. The molecule has 0 radical (unpaired) electrons. The van der Waals surface area contributed by atoms with Crippen molar-refractivity contribution in [1.29, 1.82) is 0 Å². The second-order valence-corrected chi connectivity index (χ2v) is 11.1. The van der Waals surface area contributed by atoms with E-state index in [1.54, 1.807) is 13.8 Å². The number of nitrogens with zero attached hydrogens (tertiary/aromatic N) is 1. The van der Waals surface area contributed by atoms with Crippen LogP contribution in [0.15, 0.2) is 91.0 Å². The van der Waals surface area contributed by atoms with Crippen LogP contribution in [0.2, 0.25) is 0 Å². The lowest BCUT2D eigenvalue weighted by Gasteiger charge is -2.37. The van der Waals surface area contributed by atoms with E-state index in [-0.39, 0.29) is 32.1 Å². The Kier molecular flexibility index (Phi) is 9.29. The van der Waals surface area contributed by atoms with Gasteiger partial charge in [-0.05, 0) is 37.0 Å². The van der Waals surface area contributed by atoms with Crippen LogP contribution in [0.1, 0.15) is 43.4 Å². The smallest absolute Gasteiger partial charge is 0.340 e. The number of benzene rings is 3. The van der Waals surface area contributed by atoms with Crippen molar-refractivity contribution in [3.63, 3.8) is 0 Å². The maximum Gasteiger partial charge on any atom is 0.340 e. The van der Waals surface area contributed by atoms with Crippen molar-refractivity contribution in [3.8, 4) is 0 Å². The summed E-state index contributed by atoms with van der Waals surface area (Å²) in [6.07, 6.45) is 0.174. The van der Waals surface area contributed by atoms with Gasteiger partial charge in [-0.3, -0.25) is 19.1 Å². The third-order valence-corrected chi connectivity index (χ3v) is 8.57. The third kappa shape index (κ3) is 5.97. The van der Waals surface area contributed by atoms with Crippen LogP contribution in [0.5, 0.6) is 0 Å². The van der Waals surface area contributed by atoms with Crippen LogP contribution in [0.3, 0.4) is 0 Å². The number of hydrogen-bond donors (Lipinski definition) is 0. The van der Waals surface area contributed by atoms with Gasteiger partial charge in [-0.15, -0.1) is 0 Å². The molecule has 0 N–H and O–H groups in total. The minimum atomic E-state index is -3.66. The van der Waals surface area contributed by atoms with Crippen molar-refractivity contribution in [1.82, 2.24) is 4.90 Å². The zero-order valence-corrected chi connectivity index (χ0v) is 22.7. The second kappa shape index (κ2) is 12.6. The van der Waals surface area contributed by atoms with Gasteiger partial charge in [-0.1, -0.05) is 91.0 Å². The minimum absolute atomic E-state index is 0.101. The highest BCUT2D eigenvalue weighted by Gasteiger charge is 2.43. The predicted molar refractivity (Wildman–Crippen MR) is 146 cm³/mol. The van der Waals surface area contributed by atoms with E-state index in [9.17, 15) is 14.2 Å². The highest BCUT2D eigenvalue weighted by Crippen LogP contribution is 2.48.